The number of nitrogens with one attached hydrogen (secondary N) is 1. The molecule has 9 heteroatoms. The Morgan fingerprint density at radius 2 is 1.07 bits per heavy atom. The predicted octanol–water partition coefficient (Wildman–Crippen LogP) is 11.7. The Morgan fingerprint density at radius 1 is 0.621 bits per heavy atom. The van der Waals surface area contributed by atoms with Crippen molar-refractivity contribution >= 4 is 13.7 Å². The number of carbonyl (C=O) groups excluding carboxylic acids is 1. The summed E-state index contributed by atoms with van der Waals surface area (Å²) in [7, 11) is 1.19. The molecule has 2 N–H and O–H groups in total. The van der Waals surface area contributed by atoms with Gasteiger partial charge in [-0.05, 0) is 89.9 Å². The van der Waals surface area contributed by atoms with E-state index in [0.29, 0.717) is 23.9 Å². The lowest BCUT2D eigenvalue weighted by Crippen LogP contribution is -2.45. The fourth-order valence-corrected chi connectivity index (χ4v) is 5.91. The first-order valence-corrected chi connectivity index (χ1v) is 23.4. The van der Waals surface area contributed by atoms with E-state index >= 15 is 0 Å². The topological polar surface area (TPSA) is 108 Å². The zero-order valence-electron chi connectivity index (χ0n) is 36.9. The fourth-order valence-electron chi connectivity index (χ4n) is 5.19. The molecular formula is C49H81N2O6P. The van der Waals surface area contributed by atoms with E-state index in [4.69, 9.17) is 9.05 Å². The zero-order valence-corrected chi connectivity index (χ0v) is 37.8. The molecule has 0 radical (unpaired) electrons. The summed E-state index contributed by atoms with van der Waals surface area (Å²) in [5, 5.41) is 13.6. The molecule has 0 bridgehead atoms. The van der Waals surface area contributed by atoms with Gasteiger partial charge in [0.05, 0.1) is 39.9 Å². The molecule has 0 rings (SSSR count). The van der Waals surface area contributed by atoms with E-state index in [1.165, 1.54) is 0 Å². The molecule has 0 aliphatic rings. The van der Waals surface area contributed by atoms with E-state index in [9.17, 15) is 19.4 Å². The summed E-state index contributed by atoms with van der Waals surface area (Å²) in [6.07, 6.45) is 58.6. The first-order chi connectivity index (χ1) is 28.0. The average molecular weight is 825 g/mol. The molecule has 58 heavy (non-hydrogen) atoms. The van der Waals surface area contributed by atoms with Gasteiger partial charge in [-0.2, -0.15) is 0 Å². The Kier molecular flexibility index (Phi) is 37.3. The van der Waals surface area contributed by atoms with Gasteiger partial charge >= 0.3 is 0 Å². The molecular weight excluding hydrogens is 744 g/mol. The summed E-state index contributed by atoms with van der Waals surface area (Å²) in [6.45, 7) is 4.33. The van der Waals surface area contributed by atoms with Crippen molar-refractivity contribution in [1.29, 1.82) is 0 Å². The Labute approximate surface area is 354 Å². The van der Waals surface area contributed by atoms with E-state index < -0.39 is 26.6 Å². The number of aliphatic hydroxyl groups is 1. The molecule has 0 heterocycles. The van der Waals surface area contributed by atoms with Gasteiger partial charge in [0.25, 0.3) is 7.82 Å². The highest BCUT2D eigenvalue weighted by atomic mass is 31.2. The van der Waals surface area contributed by atoms with Crippen LogP contribution in [0.4, 0.5) is 0 Å². The smallest absolute Gasteiger partial charge is 0.268 e. The van der Waals surface area contributed by atoms with E-state index in [1.54, 1.807) is 6.08 Å². The minimum absolute atomic E-state index is 0.0200. The van der Waals surface area contributed by atoms with Gasteiger partial charge < -0.3 is 28.8 Å². The third-order valence-corrected chi connectivity index (χ3v) is 9.60. The minimum Gasteiger partial charge on any atom is -0.756 e. The number of phosphoric ester groups is 1. The van der Waals surface area contributed by atoms with Crippen molar-refractivity contribution in [3.8, 4) is 0 Å². The normalized spacial score (nSPS) is 15.5. The number of allylic oxidation sites excluding steroid dienone is 19. The van der Waals surface area contributed by atoms with Crippen molar-refractivity contribution in [3.63, 3.8) is 0 Å². The molecule has 0 saturated heterocycles. The minimum atomic E-state index is -4.60. The van der Waals surface area contributed by atoms with Crippen LogP contribution >= 0.6 is 7.82 Å². The number of likely N-dealkylation sites (N-methyl/N-ethyl adjacent to an activating group) is 1. The molecule has 1 amide bonds. The quantitative estimate of drug-likeness (QED) is 0.0280. The lowest BCUT2D eigenvalue weighted by Gasteiger charge is -2.29. The lowest BCUT2D eigenvalue weighted by molar-refractivity contribution is -0.870. The van der Waals surface area contributed by atoms with Gasteiger partial charge in [0.15, 0.2) is 0 Å². The number of aliphatic hydroxyl groups excluding tert-OH is 1. The number of nitrogens with zero attached hydrogens (tertiary/aromatic N) is 1. The summed E-state index contributed by atoms with van der Waals surface area (Å²) in [6, 6.07) is -0.923. The van der Waals surface area contributed by atoms with E-state index in [-0.39, 0.29) is 12.5 Å². The van der Waals surface area contributed by atoms with E-state index in [1.807, 2.05) is 27.2 Å². The lowest BCUT2D eigenvalue weighted by atomic mass is 10.1. The summed E-state index contributed by atoms with van der Waals surface area (Å²) >= 11 is 0. The molecule has 0 fully saturated rings. The third kappa shape index (κ3) is 41.1. The van der Waals surface area contributed by atoms with Crippen LogP contribution in [0, 0.1) is 0 Å². The van der Waals surface area contributed by atoms with E-state index in [0.717, 1.165) is 103 Å². The van der Waals surface area contributed by atoms with Crippen molar-refractivity contribution < 1.29 is 32.9 Å². The molecule has 0 spiro atoms. The van der Waals surface area contributed by atoms with Crippen molar-refractivity contribution in [2.75, 3.05) is 40.9 Å². The van der Waals surface area contributed by atoms with Gasteiger partial charge in [-0.1, -0.05) is 155 Å². The van der Waals surface area contributed by atoms with Gasteiger partial charge in [-0.3, -0.25) is 9.36 Å². The van der Waals surface area contributed by atoms with Crippen LogP contribution < -0.4 is 10.2 Å². The Balaban J connectivity index is 4.27. The zero-order chi connectivity index (χ0) is 42.8. The fraction of sp³-hybridized carbons (Fsp3) is 0.571. The number of phosphoric acid groups is 1. The second-order valence-electron chi connectivity index (χ2n) is 15.3. The van der Waals surface area contributed by atoms with Crippen LogP contribution in [0.15, 0.2) is 122 Å². The number of hydrogen-bond acceptors (Lipinski definition) is 6. The predicted molar refractivity (Wildman–Crippen MR) is 246 cm³/mol. The number of unbranched alkanes of at least 4 members (excludes halogenated alkanes) is 6. The maximum Gasteiger partial charge on any atom is 0.268 e. The molecule has 3 atom stereocenters. The van der Waals surface area contributed by atoms with Crippen molar-refractivity contribution in [3.05, 3.63) is 122 Å². The molecule has 0 aromatic carbocycles. The first-order valence-electron chi connectivity index (χ1n) is 21.9. The van der Waals surface area contributed by atoms with Gasteiger partial charge in [-0.15, -0.1) is 0 Å². The molecule has 0 aliphatic heterocycles. The van der Waals surface area contributed by atoms with E-state index in [2.05, 4.69) is 129 Å². The third-order valence-electron chi connectivity index (χ3n) is 8.64. The van der Waals surface area contributed by atoms with Gasteiger partial charge in [0.2, 0.25) is 5.91 Å². The van der Waals surface area contributed by atoms with Gasteiger partial charge in [-0.25, -0.2) is 0 Å². The van der Waals surface area contributed by atoms with Crippen LogP contribution in [-0.4, -0.2) is 68.5 Å². The second-order valence-corrected chi connectivity index (χ2v) is 16.7. The standard InChI is InChI=1S/C49H81N2O6P/c1-6-8-10-12-14-15-16-17-18-19-20-21-22-23-24-25-26-27-28-29-30-31-32-33-34-35-37-39-41-43-49(53)50-47(48(52)42-40-38-36-13-11-9-7-2)46-57-58(54,55)56-45-44-51(3,4)5/h8,10-11,13-15,17-18,20-21,23-24,26-27,29-30,32-33,40,42,47-48,52H,6-7,9,12,16,19,22,25,28,31,34-39,41,43-46H2,1-5H3,(H-,50,53,54,55)/b10-8-,13-11+,15-14-,18-17-,21-20-,24-23-,27-26-,30-29-,33-32-,42-40+. The molecule has 0 aromatic rings. The Bertz CT molecular complexity index is 1350. The summed E-state index contributed by atoms with van der Waals surface area (Å²) < 4.78 is 23.0. The monoisotopic (exact) mass is 825 g/mol. The largest absolute Gasteiger partial charge is 0.756 e. The molecule has 0 aliphatic carbocycles. The summed E-state index contributed by atoms with van der Waals surface area (Å²) in [4.78, 5) is 25.1. The SMILES string of the molecule is CC/C=C\C/C=C\C/C=C\C/C=C\C/C=C\C/C=C\C/C=C\C/C=C\CCCCCCC(=O)NC(COP(=O)([O-])OCC[N+](C)(C)C)C(O)/C=C/CC/C=C/CCC. The van der Waals surface area contributed by atoms with Crippen LogP contribution in [0.1, 0.15) is 129 Å². The van der Waals surface area contributed by atoms with Gasteiger partial charge in [0, 0.05) is 6.42 Å². The number of hydrogen-bond donors (Lipinski definition) is 2. The number of amides is 1. The molecule has 3 unspecified atom stereocenters. The van der Waals surface area contributed by atoms with Gasteiger partial charge in [0.1, 0.15) is 13.2 Å². The van der Waals surface area contributed by atoms with Crippen molar-refractivity contribution in [2.45, 2.75) is 142 Å². The Morgan fingerprint density at radius 3 is 1.57 bits per heavy atom. The number of quaternary nitrogens is 1. The molecule has 0 saturated carbocycles. The van der Waals surface area contributed by atoms with Crippen LogP contribution in [0.5, 0.6) is 0 Å². The number of rotatable bonds is 37. The summed E-state index contributed by atoms with van der Waals surface area (Å²) in [5.74, 6) is -0.245. The maximum atomic E-state index is 12.8. The Hall–Kier alpha value is -3.10. The average Bonchev–Trinajstić information content (AvgIpc) is 3.17. The van der Waals surface area contributed by atoms with Crippen LogP contribution in [0.2, 0.25) is 0 Å². The maximum absolute atomic E-state index is 12.8. The van der Waals surface area contributed by atoms with Crippen molar-refractivity contribution in [2.24, 2.45) is 0 Å². The van der Waals surface area contributed by atoms with Crippen molar-refractivity contribution in [1.82, 2.24) is 5.32 Å². The van der Waals surface area contributed by atoms with Crippen LogP contribution in [0.3, 0.4) is 0 Å². The first kappa shape index (κ1) is 54.9. The highest BCUT2D eigenvalue weighted by Gasteiger charge is 2.23. The summed E-state index contributed by atoms with van der Waals surface area (Å²) in [5.41, 5.74) is 0. The highest BCUT2D eigenvalue weighted by molar-refractivity contribution is 7.45. The molecule has 8 nitrogen and oxygen atoms in total. The van der Waals surface area contributed by atoms with Crippen LogP contribution in [0.25, 0.3) is 0 Å². The molecule has 328 valence electrons. The number of carbonyl (C=O) groups is 1. The molecule has 0 aromatic heterocycles. The highest BCUT2D eigenvalue weighted by Crippen LogP contribution is 2.38. The second kappa shape index (κ2) is 39.4. The van der Waals surface area contributed by atoms with Crippen LogP contribution in [-0.2, 0) is 18.4 Å².